The zero-order valence-electron chi connectivity index (χ0n) is 16.2. The molecule has 0 bridgehead atoms. The number of hydrogen-bond donors (Lipinski definition) is 0. The summed E-state index contributed by atoms with van der Waals surface area (Å²) in [6.45, 7) is 0. The van der Waals surface area contributed by atoms with E-state index in [0.717, 1.165) is 71.2 Å². The van der Waals surface area contributed by atoms with E-state index in [9.17, 15) is 0 Å². The van der Waals surface area contributed by atoms with Gasteiger partial charge in [0, 0.05) is 51.7 Å². The molecule has 3 aromatic carbocycles. The van der Waals surface area contributed by atoms with Gasteiger partial charge in [0.05, 0.1) is 16.3 Å². The third-order valence-corrected chi connectivity index (χ3v) is 6.36. The second kappa shape index (κ2) is 5.21. The van der Waals surface area contributed by atoms with Crippen molar-refractivity contribution in [1.82, 2.24) is 14.4 Å². The molecule has 8 aromatic rings. The van der Waals surface area contributed by atoms with Crippen molar-refractivity contribution in [3.63, 3.8) is 0 Å². The molecule has 0 spiro atoms. The summed E-state index contributed by atoms with van der Waals surface area (Å²) < 4.78 is 14.9. The lowest BCUT2D eigenvalue weighted by Crippen LogP contribution is -1.91. The predicted molar refractivity (Wildman–Crippen MR) is 123 cm³/mol. The molecule has 0 N–H and O–H groups in total. The number of fused-ring (bicyclic) bond motifs is 14. The highest BCUT2D eigenvalue weighted by Gasteiger charge is 2.20. The number of pyridine rings is 2. The summed E-state index contributed by atoms with van der Waals surface area (Å²) in [4.78, 5) is 8.97. The number of rotatable bonds is 0. The molecule has 0 atom stereocenters. The van der Waals surface area contributed by atoms with Crippen LogP contribution < -0.4 is 0 Å². The van der Waals surface area contributed by atoms with E-state index in [-0.39, 0.29) is 0 Å². The van der Waals surface area contributed by atoms with E-state index in [1.807, 2.05) is 48.9 Å². The van der Waals surface area contributed by atoms with Crippen molar-refractivity contribution in [3.05, 3.63) is 79.4 Å². The summed E-state index contributed by atoms with van der Waals surface area (Å²) in [6.07, 6.45) is 7.52. The minimum absolute atomic E-state index is 0.817. The fourth-order valence-corrected chi connectivity index (χ4v) is 5.04. The standard InChI is InChI=1S/C26H13N3O2/c1-2-4-20-14(3-1)15-6-8-21-23(24(15)30-20)17-5-7-19-22(25(17)31-21)18-13-27-10-9-16(18)26-28-11-12-29(19)26/h1-13H. The molecule has 5 nitrogen and oxygen atoms in total. The summed E-state index contributed by atoms with van der Waals surface area (Å²) in [6, 6.07) is 18.5. The van der Waals surface area contributed by atoms with Crippen molar-refractivity contribution < 1.29 is 8.83 Å². The van der Waals surface area contributed by atoms with E-state index < -0.39 is 0 Å². The van der Waals surface area contributed by atoms with Crippen LogP contribution in [0.25, 0.3) is 71.2 Å². The number of imidazole rings is 1. The lowest BCUT2D eigenvalue weighted by atomic mass is 10.0. The Balaban J connectivity index is 1.67. The number of para-hydroxylation sites is 1. The molecule has 5 heterocycles. The molecule has 5 heteroatoms. The van der Waals surface area contributed by atoms with Gasteiger partial charge in [-0.3, -0.25) is 9.38 Å². The zero-order chi connectivity index (χ0) is 20.1. The van der Waals surface area contributed by atoms with Crippen LogP contribution in [0, 0.1) is 0 Å². The van der Waals surface area contributed by atoms with E-state index in [1.54, 1.807) is 6.20 Å². The van der Waals surface area contributed by atoms with Gasteiger partial charge in [0.1, 0.15) is 28.0 Å². The van der Waals surface area contributed by atoms with Crippen LogP contribution in [0.2, 0.25) is 0 Å². The first kappa shape index (κ1) is 15.5. The molecular weight excluding hydrogens is 386 g/mol. The van der Waals surface area contributed by atoms with Crippen molar-refractivity contribution in [3.8, 4) is 0 Å². The number of aromatic nitrogens is 3. The van der Waals surface area contributed by atoms with Crippen molar-refractivity contribution >= 4 is 71.2 Å². The average molecular weight is 399 g/mol. The molecule has 0 saturated heterocycles. The van der Waals surface area contributed by atoms with Crippen LogP contribution in [0.15, 0.2) is 88.2 Å². The van der Waals surface area contributed by atoms with Gasteiger partial charge in [0.15, 0.2) is 0 Å². The summed E-state index contributed by atoms with van der Waals surface area (Å²) in [5.41, 5.74) is 5.36. The van der Waals surface area contributed by atoms with Gasteiger partial charge < -0.3 is 8.83 Å². The highest BCUT2D eigenvalue weighted by atomic mass is 16.3. The maximum absolute atomic E-state index is 6.48. The Morgan fingerprint density at radius 3 is 2.52 bits per heavy atom. The van der Waals surface area contributed by atoms with Crippen LogP contribution in [-0.4, -0.2) is 14.4 Å². The first-order chi connectivity index (χ1) is 15.4. The van der Waals surface area contributed by atoms with Crippen LogP contribution in [0.4, 0.5) is 0 Å². The SMILES string of the molecule is c1ccc2c(c1)oc1c2ccc2oc3c(ccc4c3c3cnccc3c3nccn43)c21. The minimum atomic E-state index is 0.817. The van der Waals surface area contributed by atoms with Crippen LogP contribution in [-0.2, 0) is 0 Å². The van der Waals surface area contributed by atoms with Gasteiger partial charge in [-0.1, -0.05) is 18.2 Å². The highest BCUT2D eigenvalue weighted by Crippen LogP contribution is 2.42. The summed E-state index contributed by atoms with van der Waals surface area (Å²) in [5.74, 6) is 0. The van der Waals surface area contributed by atoms with Gasteiger partial charge in [0.25, 0.3) is 0 Å². The quantitative estimate of drug-likeness (QED) is 0.262. The van der Waals surface area contributed by atoms with Crippen LogP contribution in [0.1, 0.15) is 0 Å². The molecule has 0 amide bonds. The van der Waals surface area contributed by atoms with Crippen molar-refractivity contribution in [1.29, 1.82) is 0 Å². The largest absolute Gasteiger partial charge is 0.455 e. The van der Waals surface area contributed by atoms with Gasteiger partial charge in [-0.15, -0.1) is 0 Å². The molecule has 144 valence electrons. The molecule has 0 aliphatic heterocycles. The first-order valence-corrected chi connectivity index (χ1v) is 10.2. The highest BCUT2D eigenvalue weighted by molar-refractivity contribution is 6.28. The van der Waals surface area contributed by atoms with E-state index in [0.29, 0.717) is 0 Å². The maximum Gasteiger partial charge on any atom is 0.147 e. The van der Waals surface area contributed by atoms with E-state index in [2.05, 4.69) is 38.6 Å². The molecule has 0 aliphatic carbocycles. The third-order valence-electron chi connectivity index (χ3n) is 6.36. The molecule has 0 aliphatic rings. The Kier molecular flexibility index (Phi) is 2.60. The molecule has 0 radical (unpaired) electrons. The van der Waals surface area contributed by atoms with Crippen molar-refractivity contribution in [2.45, 2.75) is 0 Å². The number of nitrogens with zero attached hydrogens (tertiary/aromatic N) is 3. The van der Waals surface area contributed by atoms with Crippen molar-refractivity contribution in [2.75, 3.05) is 0 Å². The minimum Gasteiger partial charge on any atom is -0.455 e. The van der Waals surface area contributed by atoms with Crippen molar-refractivity contribution in [2.24, 2.45) is 0 Å². The van der Waals surface area contributed by atoms with Gasteiger partial charge in [0.2, 0.25) is 0 Å². The average Bonchev–Trinajstić information content (AvgIpc) is 3.53. The second-order valence-corrected chi connectivity index (χ2v) is 7.89. The van der Waals surface area contributed by atoms with Gasteiger partial charge in [-0.2, -0.15) is 0 Å². The lowest BCUT2D eigenvalue weighted by Gasteiger charge is -2.08. The van der Waals surface area contributed by atoms with E-state index in [4.69, 9.17) is 8.83 Å². The first-order valence-electron chi connectivity index (χ1n) is 10.2. The molecular formula is C26H13N3O2. The Labute approximate surface area is 174 Å². The second-order valence-electron chi connectivity index (χ2n) is 7.89. The fraction of sp³-hybridized carbons (Fsp3) is 0. The van der Waals surface area contributed by atoms with E-state index in [1.165, 1.54) is 0 Å². The molecule has 0 unspecified atom stereocenters. The van der Waals surface area contributed by atoms with Gasteiger partial charge in [-0.05, 0) is 36.4 Å². The molecule has 0 saturated carbocycles. The monoisotopic (exact) mass is 399 g/mol. The summed E-state index contributed by atoms with van der Waals surface area (Å²) >= 11 is 0. The Hall–Kier alpha value is -4.38. The lowest BCUT2D eigenvalue weighted by molar-refractivity contribution is 0.665. The normalized spacial score (nSPS) is 12.5. The van der Waals surface area contributed by atoms with Crippen LogP contribution in [0.3, 0.4) is 0 Å². The number of furan rings is 2. The Morgan fingerprint density at radius 2 is 1.52 bits per heavy atom. The summed E-state index contributed by atoms with van der Waals surface area (Å²) in [7, 11) is 0. The maximum atomic E-state index is 6.48. The zero-order valence-corrected chi connectivity index (χ0v) is 16.2. The van der Waals surface area contributed by atoms with Crippen LogP contribution in [0.5, 0.6) is 0 Å². The predicted octanol–water partition coefficient (Wildman–Crippen LogP) is 6.83. The van der Waals surface area contributed by atoms with Gasteiger partial charge >= 0.3 is 0 Å². The molecule has 8 rings (SSSR count). The Morgan fingerprint density at radius 1 is 0.645 bits per heavy atom. The molecule has 31 heavy (non-hydrogen) atoms. The van der Waals surface area contributed by atoms with Gasteiger partial charge in [-0.25, -0.2) is 4.98 Å². The Bertz CT molecular complexity index is 2010. The third kappa shape index (κ3) is 1.78. The summed E-state index contributed by atoms with van der Waals surface area (Å²) in [5, 5.41) is 7.37. The number of hydrogen-bond acceptors (Lipinski definition) is 4. The molecule has 0 fully saturated rings. The van der Waals surface area contributed by atoms with E-state index >= 15 is 0 Å². The molecule has 5 aromatic heterocycles. The smallest absolute Gasteiger partial charge is 0.147 e. The number of benzene rings is 3. The topological polar surface area (TPSA) is 56.5 Å². The van der Waals surface area contributed by atoms with Crippen LogP contribution >= 0.6 is 0 Å². The fourth-order valence-electron chi connectivity index (χ4n) is 5.04.